The van der Waals surface area contributed by atoms with Gasteiger partial charge >= 0.3 is 0 Å². The summed E-state index contributed by atoms with van der Waals surface area (Å²) in [5.41, 5.74) is 5.85. The zero-order chi connectivity index (χ0) is 10.8. The predicted molar refractivity (Wildman–Crippen MR) is 59.6 cm³/mol. The van der Waals surface area contributed by atoms with E-state index in [2.05, 4.69) is 4.99 Å². The molecule has 0 saturated heterocycles. The Bertz CT molecular complexity index is 366. The van der Waals surface area contributed by atoms with Crippen LogP contribution in [-0.4, -0.2) is 23.9 Å². The van der Waals surface area contributed by atoms with E-state index < -0.39 is 0 Å². The molecule has 0 spiro atoms. The van der Waals surface area contributed by atoms with E-state index in [1.54, 1.807) is 0 Å². The number of aliphatic imine (C=N–C) groups is 1. The molecule has 4 heteroatoms. The van der Waals surface area contributed by atoms with Crippen molar-refractivity contribution in [2.24, 2.45) is 10.7 Å². The van der Waals surface area contributed by atoms with Gasteiger partial charge in [0, 0.05) is 7.05 Å². The fourth-order valence-electron chi connectivity index (χ4n) is 1.37. The van der Waals surface area contributed by atoms with Gasteiger partial charge in [0.2, 0.25) is 0 Å². The third-order valence-electron chi connectivity index (χ3n) is 2.44. The van der Waals surface area contributed by atoms with E-state index >= 15 is 0 Å². The molecule has 0 amide bonds. The average molecular weight is 207 g/mol. The standard InChI is InChI=1S/C11H17N3O/c1-8-3-6-10(15-8)7-14(2)11(12)13-9-4-5-9/h3,6,9H,4-5,7H2,1-2H3,(H2,12,13). The van der Waals surface area contributed by atoms with Crippen LogP contribution < -0.4 is 5.73 Å². The van der Waals surface area contributed by atoms with E-state index in [9.17, 15) is 0 Å². The summed E-state index contributed by atoms with van der Waals surface area (Å²) in [6.07, 6.45) is 2.35. The first-order valence-electron chi connectivity index (χ1n) is 5.25. The Morgan fingerprint density at radius 3 is 2.87 bits per heavy atom. The normalized spacial score (nSPS) is 16.8. The van der Waals surface area contributed by atoms with Gasteiger partial charge in [0.1, 0.15) is 11.5 Å². The Balaban J connectivity index is 1.93. The molecule has 0 unspecified atom stereocenters. The summed E-state index contributed by atoms with van der Waals surface area (Å²) < 4.78 is 5.47. The molecule has 82 valence electrons. The van der Waals surface area contributed by atoms with Crippen LogP contribution >= 0.6 is 0 Å². The highest BCUT2D eigenvalue weighted by atomic mass is 16.3. The lowest BCUT2D eigenvalue weighted by atomic mass is 10.4. The number of nitrogens with zero attached hydrogens (tertiary/aromatic N) is 2. The monoisotopic (exact) mass is 207 g/mol. The quantitative estimate of drug-likeness (QED) is 0.603. The van der Waals surface area contributed by atoms with Gasteiger partial charge in [0.25, 0.3) is 0 Å². The second kappa shape index (κ2) is 3.96. The SMILES string of the molecule is Cc1ccc(CN(C)C(N)=NC2CC2)o1. The lowest BCUT2D eigenvalue weighted by molar-refractivity contribution is 0.396. The van der Waals surface area contributed by atoms with Crippen molar-refractivity contribution in [1.82, 2.24) is 4.90 Å². The molecule has 1 aliphatic carbocycles. The molecule has 2 rings (SSSR count). The Hall–Kier alpha value is -1.45. The molecule has 1 heterocycles. The maximum Gasteiger partial charge on any atom is 0.191 e. The Labute approximate surface area is 89.8 Å². The van der Waals surface area contributed by atoms with Crippen molar-refractivity contribution < 1.29 is 4.42 Å². The second-order valence-electron chi connectivity index (χ2n) is 4.09. The van der Waals surface area contributed by atoms with Gasteiger partial charge in [0.15, 0.2) is 5.96 Å². The van der Waals surface area contributed by atoms with Crippen LogP contribution in [0.4, 0.5) is 0 Å². The summed E-state index contributed by atoms with van der Waals surface area (Å²) in [6.45, 7) is 2.61. The molecule has 4 nitrogen and oxygen atoms in total. The Morgan fingerprint density at radius 2 is 2.33 bits per heavy atom. The van der Waals surface area contributed by atoms with Crippen LogP contribution in [0.15, 0.2) is 21.5 Å². The van der Waals surface area contributed by atoms with Gasteiger partial charge < -0.3 is 15.1 Å². The van der Waals surface area contributed by atoms with Crippen LogP contribution in [0.2, 0.25) is 0 Å². The minimum absolute atomic E-state index is 0.464. The lowest BCUT2D eigenvalue weighted by Gasteiger charge is -2.16. The van der Waals surface area contributed by atoms with E-state index in [4.69, 9.17) is 10.2 Å². The molecule has 1 aliphatic rings. The van der Waals surface area contributed by atoms with E-state index in [1.807, 2.05) is 31.0 Å². The third kappa shape index (κ3) is 2.75. The van der Waals surface area contributed by atoms with Crippen molar-refractivity contribution in [3.05, 3.63) is 23.7 Å². The number of nitrogens with two attached hydrogens (primary N) is 1. The van der Waals surface area contributed by atoms with Crippen molar-refractivity contribution in [3.63, 3.8) is 0 Å². The summed E-state index contributed by atoms with van der Waals surface area (Å²) in [6, 6.07) is 4.39. The lowest BCUT2D eigenvalue weighted by Crippen LogP contribution is -2.33. The highest BCUT2D eigenvalue weighted by Gasteiger charge is 2.21. The van der Waals surface area contributed by atoms with Crippen molar-refractivity contribution in [3.8, 4) is 0 Å². The minimum atomic E-state index is 0.464. The first-order valence-corrected chi connectivity index (χ1v) is 5.25. The fraction of sp³-hybridized carbons (Fsp3) is 0.545. The molecule has 2 N–H and O–H groups in total. The number of hydrogen-bond donors (Lipinski definition) is 1. The summed E-state index contributed by atoms with van der Waals surface area (Å²) in [5.74, 6) is 2.45. The zero-order valence-electron chi connectivity index (χ0n) is 9.23. The molecule has 1 saturated carbocycles. The maximum atomic E-state index is 5.85. The van der Waals surface area contributed by atoms with Gasteiger partial charge in [0.05, 0.1) is 12.6 Å². The molecule has 1 fully saturated rings. The number of rotatable bonds is 3. The van der Waals surface area contributed by atoms with Crippen molar-refractivity contribution in [1.29, 1.82) is 0 Å². The van der Waals surface area contributed by atoms with Gasteiger partial charge in [-0.05, 0) is 31.9 Å². The third-order valence-corrected chi connectivity index (χ3v) is 2.44. The van der Waals surface area contributed by atoms with Crippen LogP contribution in [0.25, 0.3) is 0 Å². The van der Waals surface area contributed by atoms with Crippen LogP contribution in [0.1, 0.15) is 24.4 Å². The summed E-state index contributed by atoms with van der Waals surface area (Å²) in [5, 5.41) is 0. The second-order valence-corrected chi connectivity index (χ2v) is 4.09. The molecule has 15 heavy (non-hydrogen) atoms. The molecule has 1 aromatic heterocycles. The largest absolute Gasteiger partial charge is 0.464 e. The smallest absolute Gasteiger partial charge is 0.191 e. The van der Waals surface area contributed by atoms with Crippen LogP contribution in [-0.2, 0) is 6.54 Å². The van der Waals surface area contributed by atoms with Gasteiger partial charge in [-0.25, -0.2) is 4.99 Å². The maximum absolute atomic E-state index is 5.85. The molecule has 0 aromatic carbocycles. The molecule has 0 aliphatic heterocycles. The molecular formula is C11H17N3O. The van der Waals surface area contributed by atoms with Crippen molar-refractivity contribution >= 4 is 5.96 Å². The van der Waals surface area contributed by atoms with E-state index in [0.29, 0.717) is 18.5 Å². The molecular weight excluding hydrogens is 190 g/mol. The average Bonchev–Trinajstić information content (AvgIpc) is 2.90. The highest BCUT2D eigenvalue weighted by Crippen LogP contribution is 2.23. The van der Waals surface area contributed by atoms with Gasteiger partial charge in [-0.3, -0.25) is 0 Å². The van der Waals surface area contributed by atoms with Crippen molar-refractivity contribution in [2.75, 3.05) is 7.05 Å². The number of guanidine groups is 1. The summed E-state index contributed by atoms with van der Waals surface area (Å²) >= 11 is 0. The minimum Gasteiger partial charge on any atom is -0.464 e. The fourth-order valence-corrected chi connectivity index (χ4v) is 1.37. The zero-order valence-corrected chi connectivity index (χ0v) is 9.23. The summed E-state index contributed by atoms with van der Waals surface area (Å²) in [4.78, 5) is 6.28. The first-order chi connectivity index (χ1) is 7.15. The van der Waals surface area contributed by atoms with Crippen LogP contribution in [0, 0.1) is 6.92 Å². The number of aryl methyl sites for hydroxylation is 1. The van der Waals surface area contributed by atoms with E-state index in [0.717, 1.165) is 11.5 Å². The molecule has 0 atom stereocenters. The molecule has 0 bridgehead atoms. The molecule has 1 aromatic rings. The highest BCUT2D eigenvalue weighted by molar-refractivity contribution is 5.78. The van der Waals surface area contributed by atoms with Crippen LogP contribution in [0.3, 0.4) is 0 Å². The van der Waals surface area contributed by atoms with E-state index in [1.165, 1.54) is 12.8 Å². The van der Waals surface area contributed by atoms with E-state index in [-0.39, 0.29) is 0 Å². The Kier molecular flexibility index (Phi) is 2.66. The van der Waals surface area contributed by atoms with Crippen molar-refractivity contribution in [2.45, 2.75) is 32.4 Å². The molecule has 0 radical (unpaired) electrons. The van der Waals surface area contributed by atoms with Gasteiger partial charge in [-0.1, -0.05) is 0 Å². The van der Waals surface area contributed by atoms with Gasteiger partial charge in [-0.2, -0.15) is 0 Å². The topological polar surface area (TPSA) is 54.8 Å². The number of furan rings is 1. The Morgan fingerprint density at radius 1 is 1.60 bits per heavy atom. The number of hydrogen-bond acceptors (Lipinski definition) is 2. The predicted octanol–water partition coefficient (Wildman–Crippen LogP) is 1.50. The summed E-state index contributed by atoms with van der Waals surface area (Å²) in [7, 11) is 1.93. The first kappa shape index (κ1) is 10.1. The van der Waals surface area contributed by atoms with Crippen LogP contribution in [0.5, 0.6) is 0 Å². The van der Waals surface area contributed by atoms with Gasteiger partial charge in [-0.15, -0.1) is 0 Å².